The van der Waals surface area contributed by atoms with Gasteiger partial charge in [0.2, 0.25) is 9.84 Å². The zero-order chi connectivity index (χ0) is 22.3. The lowest BCUT2D eigenvalue weighted by molar-refractivity contribution is -0.137. The minimum absolute atomic E-state index is 0.0563. The van der Waals surface area contributed by atoms with Gasteiger partial charge >= 0.3 is 5.97 Å². The van der Waals surface area contributed by atoms with E-state index in [9.17, 15) is 13.2 Å². The van der Waals surface area contributed by atoms with Gasteiger partial charge in [-0.15, -0.1) is 5.92 Å². The van der Waals surface area contributed by atoms with Crippen LogP contribution in [-0.2, 0) is 21.2 Å². The van der Waals surface area contributed by atoms with Crippen LogP contribution in [0.3, 0.4) is 0 Å². The quantitative estimate of drug-likeness (QED) is 0.521. The van der Waals surface area contributed by atoms with Crippen molar-refractivity contribution in [2.24, 2.45) is 0 Å². The zero-order valence-electron chi connectivity index (χ0n) is 17.0. The molecule has 3 rings (SSSR count). The number of benzene rings is 3. The highest BCUT2D eigenvalue weighted by molar-refractivity contribution is 7.91. The van der Waals surface area contributed by atoms with Crippen molar-refractivity contribution < 1.29 is 23.1 Å². The van der Waals surface area contributed by atoms with Gasteiger partial charge in [-0.25, -0.2) is 8.42 Å². The third-order valence-corrected chi connectivity index (χ3v) is 6.46. The Morgan fingerprint density at radius 1 is 0.935 bits per heavy atom. The first-order valence-corrected chi connectivity index (χ1v) is 11.1. The summed E-state index contributed by atoms with van der Waals surface area (Å²) in [5.74, 6) is 5.05. The first-order chi connectivity index (χ1) is 14.9. The molecule has 1 N–H and O–H groups in total. The van der Waals surface area contributed by atoms with Crippen LogP contribution in [0.15, 0.2) is 88.7 Å². The van der Waals surface area contributed by atoms with E-state index in [0.29, 0.717) is 5.75 Å². The van der Waals surface area contributed by atoms with Crippen LogP contribution in [0, 0.1) is 11.8 Å². The van der Waals surface area contributed by atoms with Crippen LogP contribution in [-0.4, -0.2) is 19.5 Å². The summed E-state index contributed by atoms with van der Waals surface area (Å²) in [5, 5.41) is 9.04. The standard InChI is InChI=1S/C25H22O5S/c1-2-6-21(17-25(26)27)20-11-13-22(14-12-20)30-18-19-9-15-24(16-10-19)31(28,29)23-7-4-3-5-8-23/h3-5,7-16,21H,17-18H2,1H3,(H,26,27). The van der Waals surface area contributed by atoms with Crippen molar-refractivity contribution in [1.29, 1.82) is 0 Å². The highest BCUT2D eigenvalue weighted by atomic mass is 32.2. The fourth-order valence-electron chi connectivity index (χ4n) is 3.06. The average molecular weight is 435 g/mol. The van der Waals surface area contributed by atoms with Crippen LogP contribution in [0.1, 0.15) is 30.4 Å². The van der Waals surface area contributed by atoms with Gasteiger partial charge in [-0.3, -0.25) is 4.79 Å². The summed E-state index contributed by atoms with van der Waals surface area (Å²) in [7, 11) is -3.54. The number of carbonyl (C=O) groups is 1. The molecule has 0 spiro atoms. The van der Waals surface area contributed by atoms with Crippen molar-refractivity contribution in [2.75, 3.05) is 0 Å². The topological polar surface area (TPSA) is 80.7 Å². The second kappa shape index (κ2) is 9.96. The lowest BCUT2D eigenvalue weighted by Gasteiger charge is -2.11. The molecule has 1 unspecified atom stereocenters. The predicted octanol–water partition coefficient (Wildman–Crippen LogP) is 4.68. The number of carboxylic acid groups (broad SMARTS) is 1. The Hall–Kier alpha value is -3.56. The van der Waals surface area contributed by atoms with Gasteiger partial charge in [0.15, 0.2) is 0 Å². The van der Waals surface area contributed by atoms with Crippen molar-refractivity contribution in [3.05, 3.63) is 90.0 Å². The molecule has 0 saturated heterocycles. The molecule has 158 valence electrons. The van der Waals surface area contributed by atoms with Crippen molar-refractivity contribution in [3.8, 4) is 17.6 Å². The van der Waals surface area contributed by atoms with E-state index in [1.54, 1.807) is 73.7 Å². The Morgan fingerprint density at radius 2 is 1.55 bits per heavy atom. The minimum Gasteiger partial charge on any atom is -0.489 e. The van der Waals surface area contributed by atoms with E-state index in [1.807, 2.05) is 12.1 Å². The van der Waals surface area contributed by atoms with Crippen LogP contribution in [0.4, 0.5) is 0 Å². The Morgan fingerprint density at radius 3 is 2.13 bits per heavy atom. The average Bonchev–Trinajstić information content (AvgIpc) is 2.78. The Balaban J connectivity index is 1.65. The molecule has 0 saturated carbocycles. The molecule has 0 aliphatic carbocycles. The molecule has 31 heavy (non-hydrogen) atoms. The summed E-state index contributed by atoms with van der Waals surface area (Å²) in [5.41, 5.74) is 1.65. The maximum Gasteiger partial charge on any atom is 0.304 e. The second-order valence-electron chi connectivity index (χ2n) is 6.86. The maximum absolute atomic E-state index is 12.6. The van der Waals surface area contributed by atoms with Gasteiger partial charge in [0.25, 0.3) is 0 Å². The van der Waals surface area contributed by atoms with Gasteiger partial charge in [0, 0.05) is 0 Å². The van der Waals surface area contributed by atoms with Gasteiger partial charge in [-0.2, -0.15) is 0 Å². The Kier molecular flexibility index (Phi) is 7.11. The van der Waals surface area contributed by atoms with E-state index in [-0.39, 0.29) is 28.7 Å². The van der Waals surface area contributed by atoms with Gasteiger partial charge in [0.1, 0.15) is 12.4 Å². The molecule has 0 fully saturated rings. The first-order valence-electron chi connectivity index (χ1n) is 9.66. The van der Waals surface area contributed by atoms with E-state index in [1.165, 1.54) is 0 Å². The van der Waals surface area contributed by atoms with Crippen LogP contribution >= 0.6 is 0 Å². The molecule has 6 heteroatoms. The van der Waals surface area contributed by atoms with E-state index in [2.05, 4.69) is 11.8 Å². The van der Waals surface area contributed by atoms with Crippen molar-refractivity contribution >= 4 is 15.8 Å². The molecule has 1 atom stereocenters. The van der Waals surface area contributed by atoms with Gasteiger partial charge in [-0.05, 0) is 54.4 Å². The highest BCUT2D eigenvalue weighted by Crippen LogP contribution is 2.24. The summed E-state index contributed by atoms with van der Waals surface area (Å²) < 4.78 is 31.1. The molecule has 3 aromatic carbocycles. The zero-order valence-corrected chi connectivity index (χ0v) is 17.8. The summed E-state index contributed by atoms with van der Waals surface area (Å²) in [4.78, 5) is 11.5. The monoisotopic (exact) mass is 434 g/mol. The van der Waals surface area contributed by atoms with E-state index in [0.717, 1.165) is 11.1 Å². The fraction of sp³-hybridized carbons (Fsp3) is 0.160. The third kappa shape index (κ3) is 5.74. The molecule has 0 amide bonds. The number of sulfone groups is 1. The largest absolute Gasteiger partial charge is 0.489 e. The number of ether oxygens (including phenoxy) is 1. The summed E-state index contributed by atoms with van der Waals surface area (Å²) in [6.45, 7) is 1.96. The fourth-order valence-corrected chi connectivity index (χ4v) is 4.35. The summed E-state index contributed by atoms with van der Waals surface area (Å²) in [6, 6.07) is 22.1. The van der Waals surface area contributed by atoms with Crippen LogP contribution < -0.4 is 4.74 Å². The molecular formula is C25H22O5S. The van der Waals surface area contributed by atoms with Crippen molar-refractivity contribution in [2.45, 2.75) is 35.7 Å². The number of hydrogen-bond donors (Lipinski definition) is 1. The molecule has 0 bridgehead atoms. The Labute approximate surface area is 182 Å². The minimum atomic E-state index is -3.54. The van der Waals surface area contributed by atoms with Crippen LogP contribution in [0.25, 0.3) is 0 Å². The van der Waals surface area contributed by atoms with E-state index < -0.39 is 15.8 Å². The normalized spacial score (nSPS) is 11.8. The number of rotatable bonds is 8. The predicted molar refractivity (Wildman–Crippen MR) is 118 cm³/mol. The SMILES string of the molecule is CC#CC(CC(=O)O)c1ccc(OCc2ccc(S(=O)(=O)c3ccccc3)cc2)cc1. The van der Waals surface area contributed by atoms with E-state index in [4.69, 9.17) is 9.84 Å². The Bertz CT molecular complexity index is 1190. The van der Waals surface area contributed by atoms with Crippen LogP contribution in [0.2, 0.25) is 0 Å². The second-order valence-corrected chi connectivity index (χ2v) is 8.81. The molecular weight excluding hydrogens is 412 g/mol. The van der Waals surface area contributed by atoms with Crippen molar-refractivity contribution in [1.82, 2.24) is 0 Å². The van der Waals surface area contributed by atoms with Crippen molar-refractivity contribution in [3.63, 3.8) is 0 Å². The third-order valence-electron chi connectivity index (χ3n) is 4.67. The molecule has 0 aromatic heterocycles. The molecule has 3 aromatic rings. The number of hydrogen-bond acceptors (Lipinski definition) is 4. The van der Waals surface area contributed by atoms with E-state index >= 15 is 0 Å². The van der Waals surface area contributed by atoms with Crippen LogP contribution in [0.5, 0.6) is 5.75 Å². The number of carboxylic acids is 1. The first kappa shape index (κ1) is 22.1. The molecule has 0 aliphatic rings. The van der Waals surface area contributed by atoms with Gasteiger partial charge < -0.3 is 9.84 Å². The van der Waals surface area contributed by atoms with Gasteiger partial charge in [0.05, 0.1) is 22.1 Å². The lowest BCUT2D eigenvalue weighted by atomic mass is 9.96. The number of aliphatic carboxylic acids is 1. The molecule has 0 radical (unpaired) electrons. The smallest absolute Gasteiger partial charge is 0.304 e. The highest BCUT2D eigenvalue weighted by Gasteiger charge is 2.17. The summed E-state index contributed by atoms with van der Waals surface area (Å²) >= 11 is 0. The molecule has 5 nitrogen and oxygen atoms in total. The van der Waals surface area contributed by atoms with Gasteiger partial charge in [-0.1, -0.05) is 48.4 Å². The lowest BCUT2D eigenvalue weighted by Crippen LogP contribution is -2.05. The summed E-state index contributed by atoms with van der Waals surface area (Å²) in [6.07, 6.45) is -0.0563. The maximum atomic E-state index is 12.6. The molecule has 0 heterocycles. The molecule has 0 aliphatic heterocycles.